The third-order valence-corrected chi connectivity index (χ3v) is 2.34. The van der Waals surface area contributed by atoms with Crippen LogP contribution in [0.15, 0.2) is 18.2 Å². The van der Waals surface area contributed by atoms with E-state index in [4.69, 9.17) is 17.3 Å². The molecule has 0 aliphatic rings. The predicted octanol–water partition coefficient (Wildman–Crippen LogP) is 2.15. The van der Waals surface area contributed by atoms with Crippen LogP contribution in [0.5, 0.6) is 0 Å². The zero-order chi connectivity index (χ0) is 11.4. The van der Waals surface area contributed by atoms with Gasteiger partial charge in [0.2, 0.25) is 5.91 Å². The number of benzene rings is 1. The van der Waals surface area contributed by atoms with Gasteiger partial charge in [-0.1, -0.05) is 18.5 Å². The molecule has 0 aliphatic carbocycles. The van der Waals surface area contributed by atoms with Crippen molar-refractivity contribution >= 4 is 23.2 Å². The van der Waals surface area contributed by atoms with Gasteiger partial charge in [-0.25, -0.2) is 4.39 Å². The van der Waals surface area contributed by atoms with Gasteiger partial charge < -0.3 is 11.1 Å². The lowest BCUT2D eigenvalue weighted by molar-refractivity contribution is -0.118. The standard InChI is InChI=1S/C10H12ClFN2O/c1-2-8(10(13)15)14-9-5-6(12)3-4-7(9)11/h3-5,8,14H,2H2,1H3,(H2,13,15). The van der Waals surface area contributed by atoms with E-state index in [9.17, 15) is 9.18 Å². The van der Waals surface area contributed by atoms with Gasteiger partial charge in [0.05, 0.1) is 10.7 Å². The molecule has 3 N–H and O–H groups in total. The maximum Gasteiger partial charge on any atom is 0.239 e. The van der Waals surface area contributed by atoms with E-state index < -0.39 is 17.8 Å². The molecule has 1 rings (SSSR count). The largest absolute Gasteiger partial charge is 0.372 e. The topological polar surface area (TPSA) is 55.1 Å². The van der Waals surface area contributed by atoms with Crippen LogP contribution in [0, 0.1) is 5.82 Å². The maximum atomic E-state index is 12.9. The van der Waals surface area contributed by atoms with Crippen LogP contribution in [-0.2, 0) is 4.79 Å². The summed E-state index contributed by atoms with van der Waals surface area (Å²) in [7, 11) is 0. The number of carbonyl (C=O) groups excluding carboxylic acids is 1. The highest BCUT2D eigenvalue weighted by molar-refractivity contribution is 6.33. The number of hydrogen-bond acceptors (Lipinski definition) is 2. The predicted molar refractivity (Wildman–Crippen MR) is 58.3 cm³/mol. The average Bonchev–Trinajstić information content (AvgIpc) is 2.18. The fourth-order valence-corrected chi connectivity index (χ4v) is 1.34. The summed E-state index contributed by atoms with van der Waals surface area (Å²) >= 11 is 5.82. The Morgan fingerprint density at radius 1 is 1.67 bits per heavy atom. The second kappa shape index (κ2) is 4.98. The van der Waals surface area contributed by atoms with Crippen molar-refractivity contribution < 1.29 is 9.18 Å². The molecule has 0 aromatic heterocycles. The lowest BCUT2D eigenvalue weighted by Gasteiger charge is -2.15. The van der Waals surface area contributed by atoms with E-state index in [1.165, 1.54) is 18.2 Å². The molecule has 15 heavy (non-hydrogen) atoms. The van der Waals surface area contributed by atoms with Crippen molar-refractivity contribution in [3.63, 3.8) is 0 Å². The first-order valence-corrected chi connectivity index (χ1v) is 4.93. The van der Waals surface area contributed by atoms with Gasteiger partial charge in [-0.2, -0.15) is 0 Å². The number of amides is 1. The van der Waals surface area contributed by atoms with Crippen LogP contribution < -0.4 is 11.1 Å². The molecule has 0 fully saturated rings. The molecule has 0 heterocycles. The van der Waals surface area contributed by atoms with Gasteiger partial charge in [-0.3, -0.25) is 4.79 Å². The fourth-order valence-electron chi connectivity index (χ4n) is 1.17. The summed E-state index contributed by atoms with van der Waals surface area (Å²) in [5.74, 6) is -0.904. The minimum Gasteiger partial charge on any atom is -0.372 e. The Kier molecular flexibility index (Phi) is 3.91. The van der Waals surface area contributed by atoms with E-state index in [-0.39, 0.29) is 0 Å². The first-order valence-electron chi connectivity index (χ1n) is 4.55. The minimum absolute atomic E-state index is 0.358. The van der Waals surface area contributed by atoms with Gasteiger partial charge in [0.1, 0.15) is 11.9 Å². The molecular weight excluding hydrogens is 219 g/mol. The molecule has 0 radical (unpaired) electrons. The first kappa shape index (κ1) is 11.8. The summed E-state index contributed by atoms with van der Waals surface area (Å²) in [6, 6.07) is 3.36. The molecule has 0 saturated heterocycles. The Balaban J connectivity index is 2.87. The van der Waals surface area contributed by atoms with E-state index in [1.807, 2.05) is 0 Å². The minimum atomic E-state index is -0.538. The molecule has 0 aliphatic heterocycles. The van der Waals surface area contributed by atoms with Crippen LogP contribution in [0.4, 0.5) is 10.1 Å². The Bertz CT molecular complexity index is 370. The Morgan fingerprint density at radius 3 is 2.87 bits per heavy atom. The normalized spacial score (nSPS) is 12.2. The number of nitrogens with one attached hydrogen (secondary N) is 1. The van der Waals surface area contributed by atoms with Crippen LogP contribution in [0.3, 0.4) is 0 Å². The van der Waals surface area contributed by atoms with Crippen molar-refractivity contribution in [2.24, 2.45) is 5.73 Å². The van der Waals surface area contributed by atoms with Crippen LogP contribution in [0.1, 0.15) is 13.3 Å². The van der Waals surface area contributed by atoms with Crippen molar-refractivity contribution in [3.05, 3.63) is 29.0 Å². The molecular formula is C10H12ClFN2O. The van der Waals surface area contributed by atoms with Crippen LogP contribution >= 0.6 is 11.6 Å². The fraction of sp³-hybridized carbons (Fsp3) is 0.300. The summed E-state index contributed by atoms with van der Waals surface area (Å²) in [5.41, 5.74) is 5.52. The molecule has 0 bridgehead atoms. The molecule has 82 valence electrons. The summed E-state index contributed by atoms with van der Waals surface area (Å²) < 4.78 is 12.9. The Hall–Kier alpha value is -1.29. The second-order valence-corrected chi connectivity index (χ2v) is 3.54. The van der Waals surface area contributed by atoms with Crippen LogP contribution in [0.2, 0.25) is 5.02 Å². The third kappa shape index (κ3) is 3.09. The van der Waals surface area contributed by atoms with Crippen molar-refractivity contribution in [1.82, 2.24) is 0 Å². The second-order valence-electron chi connectivity index (χ2n) is 3.13. The number of rotatable bonds is 4. The Morgan fingerprint density at radius 2 is 2.33 bits per heavy atom. The lowest BCUT2D eigenvalue weighted by atomic mass is 10.2. The molecule has 0 spiro atoms. The van der Waals surface area contributed by atoms with Crippen molar-refractivity contribution in [2.45, 2.75) is 19.4 Å². The first-order chi connectivity index (χ1) is 7.04. The number of hydrogen-bond donors (Lipinski definition) is 2. The molecule has 0 saturated carbocycles. The molecule has 1 aromatic rings. The maximum absolute atomic E-state index is 12.9. The zero-order valence-electron chi connectivity index (χ0n) is 8.26. The Labute approximate surface area is 92.4 Å². The van der Waals surface area contributed by atoms with Gasteiger partial charge >= 0.3 is 0 Å². The summed E-state index contributed by atoms with van der Waals surface area (Å²) in [6.07, 6.45) is 0.516. The van der Waals surface area contributed by atoms with E-state index in [1.54, 1.807) is 6.92 Å². The van der Waals surface area contributed by atoms with Crippen molar-refractivity contribution in [3.8, 4) is 0 Å². The molecule has 1 atom stereocenters. The van der Waals surface area contributed by atoms with Crippen molar-refractivity contribution in [2.75, 3.05) is 5.32 Å². The quantitative estimate of drug-likeness (QED) is 0.833. The highest BCUT2D eigenvalue weighted by Gasteiger charge is 2.13. The van der Waals surface area contributed by atoms with E-state index in [2.05, 4.69) is 5.32 Å². The zero-order valence-corrected chi connectivity index (χ0v) is 9.01. The lowest BCUT2D eigenvalue weighted by Crippen LogP contribution is -2.34. The van der Waals surface area contributed by atoms with E-state index in [0.717, 1.165) is 0 Å². The van der Waals surface area contributed by atoms with Gasteiger partial charge in [0, 0.05) is 0 Å². The molecule has 5 heteroatoms. The van der Waals surface area contributed by atoms with Gasteiger partial charge in [0.15, 0.2) is 0 Å². The number of nitrogens with two attached hydrogens (primary N) is 1. The highest BCUT2D eigenvalue weighted by atomic mass is 35.5. The molecule has 3 nitrogen and oxygen atoms in total. The summed E-state index contributed by atoms with van der Waals surface area (Å²) in [6.45, 7) is 1.80. The number of halogens is 2. The van der Waals surface area contributed by atoms with E-state index in [0.29, 0.717) is 17.1 Å². The van der Waals surface area contributed by atoms with Gasteiger partial charge in [-0.05, 0) is 24.6 Å². The molecule has 1 amide bonds. The van der Waals surface area contributed by atoms with Gasteiger partial charge in [-0.15, -0.1) is 0 Å². The number of anilines is 1. The number of primary amides is 1. The summed E-state index contributed by atoms with van der Waals surface area (Å²) in [5, 5.41) is 3.15. The third-order valence-electron chi connectivity index (χ3n) is 2.01. The highest BCUT2D eigenvalue weighted by Crippen LogP contribution is 2.23. The SMILES string of the molecule is CCC(Nc1cc(F)ccc1Cl)C(N)=O. The summed E-state index contributed by atoms with van der Waals surface area (Å²) in [4.78, 5) is 11.0. The molecule has 1 unspecified atom stereocenters. The van der Waals surface area contributed by atoms with E-state index >= 15 is 0 Å². The smallest absolute Gasteiger partial charge is 0.239 e. The molecule has 1 aromatic carbocycles. The van der Waals surface area contributed by atoms with Crippen LogP contribution in [0.25, 0.3) is 0 Å². The van der Waals surface area contributed by atoms with Crippen LogP contribution in [-0.4, -0.2) is 11.9 Å². The average molecular weight is 231 g/mol. The monoisotopic (exact) mass is 230 g/mol. The van der Waals surface area contributed by atoms with Gasteiger partial charge in [0.25, 0.3) is 0 Å². The number of carbonyl (C=O) groups is 1. The van der Waals surface area contributed by atoms with Crippen molar-refractivity contribution in [1.29, 1.82) is 0 Å².